The number of aromatic nitrogens is 2. The summed E-state index contributed by atoms with van der Waals surface area (Å²) in [6, 6.07) is 49.9. The third-order valence-electron chi connectivity index (χ3n) is 11.4. The lowest BCUT2D eigenvalue weighted by Gasteiger charge is -2.28. The first-order chi connectivity index (χ1) is 25.0. The smallest absolute Gasteiger partial charge is 0.0826 e. The Hall–Kier alpha value is -5.75. The standard InChI is InChI=1S/C46H29N3S2/c1-46(2)36-12-6-3-9-29(36)30-18-15-27(22-37(30)46)48(28-16-19-33-32-11-5-8-14-41(32)51-42(33)23-28)26-17-20-40-35(21-26)43-44-34(24-38-45(43)50-25-47-38)31-10-4-7-13-39(31)49(40)44/h3-25H,1-2H3. The lowest BCUT2D eigenvalue weighted by atomic mass is 9.82. The monoisotopic (exact) mass is 687 g/mol. The maximum absolute atomic E-state index is 4.82. The first-order valence-corrected chi connectivity index (χ1v) is 19.1. The van der Waals surface area contributed by atoms with Crippen LogP contribution in [0.5, 0.6) is 0 Å². The zero-order valence-corrected chi connectivity index (χ0v) is 29.6. The first kappa shape index (κ1) is 28.0. The second-order valence-electron chi connectivity index (χ2n) is 14.4. The third-order valence-corrected chi connectivity index (χ3v) is 13.4. The molecule has 0 saturated heterocycles. The Morgan fingerprint density at radius 2 is 1.27 bits per heavy atom. The van der Waals surface area contributed by atoms with E-state index < -0.39 is 0 Å². The summed E-state index contributed by atoms with van der Waals surface area (Å²) in [6.45, 7) is 4.73. The molecule has 12 rings (SSSR count). The van der Waals surface area contributed by atoms with Crippen LogP contribution in [0.15, 0.2) is 139 Å². The average Bonchev–Trinajstić information content (AvgIpc) is 3.97. The van der Waals surface area contributed by atoms with E-state index in [1.807, 2.05) is 16.8 Å². The summed E-state index contributed by atoms with van der Waals surface area (Å²) < 4.78 is 6.34. The number of anilines is 3. The van der Waals surface area contributed by atoms with Crippen LogP contribution in [0.3, 0.4) is 0 Å². The quantitative estimate of drug-likeness (QED) is 0.184. The van der Waals surface area contributed by atoms with E-state index in [4.69, 9.17) is 4.98 Å². The van der Waals surface area contributed by atoms with Gasteiger partial charge in [-0.2, -0.15) is 0 Å². The minimum absolute atomic E-state index is 0.0982. The number of hydrogen-bond acceptors (Lipinski definition) is 4. The van der Waals surface area contributed by atoms with Crippen LogP contribution >= 0.6 is 22.7 Å². The second-order valence-corrected chi connectivity index (χ2v) is 16.4. The zero-order valence-electron chi connectivity index (χ0n) is 27.9. The summed E-state index contributed by atoms with van der Waals surface area (Å²) in [7, 11) is 0. The minimum atomic E-state index is -0.0982. The molecule has 0 fully saturated rings. The van der Waals surface area contributed by atoms with Crippen molar-refractivity contribution in [3.05, 3.63) is 150 Å². The molecule has 7 aromatic carbocycles. The highest BCUT2D eigenvalue weighted by Gasteiger charge is 2.36. The van der Waals surface area contributed by atoms with Gasteiger partial charge in [0.05, 0.1) is 32.3 Å². The van der Waals surface area contributed by atoms with Crippen molar-refractivity contribution in [2.75, 3.05) is 4.90 Å². The number of rotatable bonds is 3. The number of thiazole rings is 1. The Labute approximate surface area is 301 Å². The zero-order chi connectivity index (χ0) is 33.6. The Balaban J connectivity index is 1.15. The van der Waals surface area contributed by atoms with Gasteiger partial charge in [0.2, 0.25) is 0 Å². The van der Waals surface area contributed by atoms with Gasteiger partial charge in [-0.25, -0.2) is 4.98 Å². The maximum atomic E-state index is 4.82. The molecule has 1 aliphatic carbocycles. The van der Waals surface area contributed by atoms with E-state index in [2.05, 4.69) is 157 Å². The predicted octanol–water partition coefficient (Wildman–Crippen LogP) is 13.6. The van der Waals surface area contributed by atoms with Gasteiger partial charge in [-0.15, -0.1) is 22.7 Å². The number of nitrogens with zero attached hydrogens (tertiary/aromatic N) is 3. The summed E-state index contributed by atoms with van der Waals surface area (Å²) in [4.78, 5) is 7.29. The molecule has 0 bridgehead atoms. The fraction of sp³-hybridized carbons (Fsp3) is 0.0652. The van der Waals surface area contributed by atoms with Crippen LogP contribution in [0, 0.1) is 0 Å². The van der Waals surface area contributed by atoms with Gasteiger partial charge in [-0.05, 0) is 82.9 Å². The molecule has 11 aromatic rings. The third kappa shape index (κ3) is 3.59. The molecule has 5 heteroatoms. The van der Waals surface area contributed by atoms with Gasteiger partial charge in [0, 0.05) is 64.2 Å². The van der Waals surface area contributed by atoms with Crippen molar-refractivity contribution in [2.24, 2.45) is 0 Å². The first-order valence-electron chi connectivity index (χ1n) is 17.4. The van der Waals surface area contributed by atoms with Crippen LogP contribution in [-0.4, -0.2) is 9.38 Å². The van der Waals surface area contributed by atoms with Crippen LogP contribution in [0.4, 0.5) is 17.1 Å². The van der Waals surface area contributed by atoms with Crippen molar-refractivity contribution in [2.45, 2.75) is 19.3 Å². The van der Waals surface area contributed by atoms with Crippen molar-refractivity contribution in [3.8, 4) is 11.1 Å². The van der Waals surface area contributed by atoms with E-state index >= 15 is 0 Å². The number of benzene rings is 7. The number of thiophene rings is 1. The normalized spacial score (nSPS) is 13.8. The molecule has 0 atom stereocenters. The van der Waals surface area contributed by atoms with Gasteiger partial charge in [0.25, 0.3) is 0 Å². The van der Waals surface area contributed by atoms with Crippen LogP contribution in [0.1, 0.15) is 25.0 Å². The summed E-state index contributed by atoms with van der Waals surface area (Å²) >= 11 is 3.61. The van der Waals surface area contributed by atoms with Gasteiger partial charge < -0.3 is 9.30 Å². The molecule has 3 nitrogen and oxygen atoms in total. The Bertz CT molecular complexity index is 3250. The molecule has 4 aromatic heterocycles. The van der Waals surface area contributed by atoms with Crippen LogP contribution in [-0.2, 0) is 5.41 Å². The highest BCUT2D eigenvalue weighted by Crippen LogP contribution is 2.52. The molecule has 0 radical (unpaired) electrons. The molecule has 4 heterocycles. The predicted molar refractivity (Wildman–Crippen MR) is 219 cm³/mol. The Morgan fingerprint density at radius 3 is 2.22 bits per heavy atom. The SMILES string of the molecule is CC1(C)c2ccccc2-c2ccc(N(c3ccc4c(c3)sc3ccccc34)c3ccc4c(c3)c3c5scnc5cc5c6ccccc6n4c53)cc21. The molecule has 0 unspecified atom stereocenters. The summed E-state index contributed by atoms with van der Waals surface area (Å²) in [6.07, 6.45) is 0. The molecule has 0 amide bonds. The lowest BCUT2D eigenvalue weighted by molar-refractivity contribution is 0.660. The van der Waals surface area contributed by atoms with Crippen LogP contribution < -0.4 is 4.90 Å². The Kier molecular flexibility index (Phi) is 5.34. The van der Waals surface area contributed by atoms with E-state index in [9.17, 15) is 0 Å². The Morgan fingerprint density at radius 1 is 0.569 bits per heavy atom. The molecule has 51 heavy (non-hydrogen) atoms. The van der Waals surface area contributed by atoms with Gasteiger partial charge in [0.1, 0.15) is 0 Å². The van der Waals surface area contributed by atoms with Crippen molar-refractivity contribution in [1.82, 2.24) is 9.38 Å². The molecular formula is C46H29N3S2. The summed E-state index contributed by atoms with van der Waals surface area (Å²) in [5.74, 6) is 0. The molecule has 240 valence electrons. The number of para-hydroxylation sites is 1. The molecule has 0 saturated carbocycles. The van der Waals surface area contributed by atoms with E-state index in [-0.39, 0.29) is 5.41 Å². The van der Waals surface area contributed by atoms with Crippen molar-refractivity contribution in [1.29, 1.82) is 0 Å². The largest absolute Gasteiger partial charge is 0.310 e. The van der Waals surface area contributed by atoms with E-state index in [0.717, 1.165) is 16.9 Å². The molecular weight excluding hydrogens is 659 g/mol. The molecule has 0 spiro atoms. The molecule has 0 N–H and O–H groups in total. The van der Waals surface area contributed by atoms with E-state index in [0.29, 0.717) is 0 Å². The average molecular weight is 688 g/mol. The van der Waals surface area contributed by atoms with Gasteiger partial charge in [-0.3, -0.25) is 0 Å². The van der Waals surface area contributed by atoms with Crippen molar-refractivity contribution < 1.29 is 0 Å². The summed E-state index contributed by atoms with van der Waals surface area (Å²) in [5, 5.41) is 7.73. The van der Waals surface area contributed by atoms with Crippen molar-refractivity contribution in [3.63, 3.8) is 0 Å². The van der Waals surface area contributed by atoms with Crippen LogP contribution in [0.25, 0.3) is 79.6 Å². The second kappa shape index (κ2) is 9.73. The van der Waals surface area contributed by atoms with E-state index in [1.165, 1.54) is 90.9 Å². The van der Waals surface area contributed by atoms with Gasteiger partial charge in [0.15, 0.2) is 0 Å². The summed E-state index contributed by atoms with van der Waals surface area (Å²) in [5.41, 5.74) is 15.6. The van der Waals surface area contributed by atoms with Crippen molar-refractivity contribution >= 4 is 108 Å². The van der Waals surface area contributed by atoms with Crippen LogP contribution in [0.2, 0.25) is 0 Å². The fourth-order valence-electron chi connectivity index (χ4n) is 9.14. The molecule has 1 aliphatic rings. The van der Waals surface area contributed by atoms with Gasteiger partial charge in [-0.1, -0.05) is 86.6 Å². The fourth-order valence-corrected chi connectivity index (χ4v) is 11.1. The highest BCUT2D eigenvalue weighted by atomic mass is 32.1. The molecule has 0 aliphatic heterocycles. The maximum Gasteiger partial charge on any atom is 0.0826 e. The minimum Gasteiger partial charge on any atom is -0.310 e. The van der Waals surface area contributed by atoms with Gasteiger partial charge >= 0.3 is 0 Å². The number of hydrogen-bond donors (Lipinski definition) is 0. The topological polar surface area (TPSA) is 20.5 Å². The highest BCUT2D eigenvalue weighted by molar-refractivity contribution is 7.25. The number of fused-ring (bicyclic) bond motifs is 14. The lowest BCUT2D eigenvalue weighted by Crippen LogP contribution is -2.16. The van der Waals surface area contributed by atoms with E-state index in [1.54, 1.807) is 11.3 Å².